The summed E-state index contributed by atoms with van der Waals surface area (Å²) < 4.78 is 59.4. The van der Waals surface area contributed by atoms with Gasteiger partial charge in [0.1, 0.15) is 36.6 Å². The number of aliphatic hydroxyl groups is 1. The van der Waals surface area contributed by atoms with E-state index >= 15 is 0 Å². The van der Waals surface area contributed by atoms with Gasteiger partial charge in [0.15, 0.2) is 12.6 Å². The summed E-state index contributed by atoms with van der Waals surface area (Å²) in [6.07, 6.45) is -6.72. The van der Waals surface area contributed by atoms with Crippen LogP contribution in [0.2, 0.25) is 0 Å². The first kappa shape index (κ1) is 41.4. The fourth-order valence-electron chi connectivity index (χ4n) is 8.21. The fourth-order valence-corrected chi connectivity index (χ4v) is 8.21. The maximum Gasteiger partial charge on any atom is 0.186 e. The maximum atomic E-state index is 12.4. The van der Waals surface area contributed by atoms with Crippen LogP contribution in [0, 0.1) is 5.92 Å². The van der Waals surface area contributed by atoms with Crippen LogP contribution in [-0.4, -0.2) is 80.6 Å². The van der Waals surface area contributed by atoms with Gasteiger partial charge in [0, 0.05) is 18.6 Å². The number of benzene rings is 5. The second-order valence-electron chi connectivity index (χ2n) is 15.4. The lowest BCUT2D eigenvalue weighted by molar-refractivity contribution is -0.342. The lowest BCUT2D eigenvalue weighted by Crippen LogP contribution is -2.65. The Kier molecular flexibility index (Phi) is 14.6. The summed E-state index contributed by atoms with van der Waals surface area (Å²) >= 11 is 0. The number of hydrogen-bond donors (Lipinski definition) is 1. The summed E-state index contributed by atoms with van der Waals surface area (Å²) in [7, 11) is 1.60. The Morgan fingerprint density at radius 2 is 1.05 bits per heavy atom. The van der Waals surface area contributed by atoms with Crippen LogP contribution in [0.25, 0.3) is 0 Å². The third-order valence-corrected chi connectivity index (χ3v) is 11.3. The molecule has 310 valence electrons. The topological polar surface area (TPSA) is 103 Å². The van der Waals surface area contributed by atoms with Crippen LogP contribution < -0.4 is 0 Å². The molecule has 0 radical (unpaired) electrons. The van der Waals surface area contributed by atoms with E-state index < -0.39 is 61.4 Å². The summed E-state index contributed by atoms with van der Waals surface area (Å²) in [6.45, 7) is 1.81. The van der Waals surface area contributed by atoms with Gasteiger partial charge in [0.2, 0.25) is 0 Å². The average molecular weight is 803 g/mol. The Hall–Kier alpha value is -4.30. The van der Waals surface area contributed by atoms with Gasteiger partial charge in [-0.15, -0.1) is 0 Å². The number of hydrogen-bond acceptors (Lipinski definition) is 10. The molecule has 0 amide bonds. The standard InChI is InChI=1S/C49H54O10/c1-51-49-47(55-31-37-23-13-5-14-24-37)46(54-30-36-21-11-4-12-22-36)44(41(58-49)33-52-28-34-17-7-2-8-18-34)57-40-27-39-32-56-48(38-25-15-6-16-26-38)59-43(39)45(42(40)50)53-29-35-19-9-3-10-20-35/h2-26,39-50H,27-33H2,1H3/t39-,40+,41-,42-,43-,44-,45-,46+,47-,48?,49+/m1/s1. The van der Waals surface area contributed by atoms with Gasteiger partial charge in [-0.25, -0.2) is 0 Å². The highest BCUT2D eigenvalue weighted by Gasteiger charge is 2.54. The van der Waals surface area contributed by atoms with Crippen LogP contribution in [0.15, 0.2) is 152 Å². The van der Waals surface area contributed by atoms with Gasteiger partial charge in [-0.2, -0.15) is 0 Å². The van der Waals surface area contributed by atoms with Crippen molar-refractivity contribution < 1.29 is 47.7 Å². The molecule has 0 aromatic heterocycles. The predicted octanol–water partition coefficient (Wildman–Crippen LogP) is 7.58. The Morgan fingerprint density at radius 3 is 1.59 bits per heavy atom. The molecule has 5 aromatic rings. The molecular weight excluding hydrogens is 749 g/mol. The van der Waals surface area contributed by atoms with Crippen LogP contribution in [-0.2, 0) is 69.1 Å². The molecule has 1 N–H and O–H groups in total. The molecule has 59 heavy (non-hydrogen) atoms. The SMILES string of the molecule is CO[C@H]1O[C@H](COCc2ccccc2)[C@@H](O[C@H]2C[C@@H]3COC(c4ccccc4)O[C@H]3[C@H](OCc3ccccc3)[C@@H]2O)[C@H](OCc2ccccc2)[C@H]1OCc1ccccc1. The van der Waals surface area contributed by atoms with E-state index in [4.69, 9.17) is 42.6 Å². The molecule has 2 heterocycles. The van der Waals surface area contributed by atoms with Gasteiger partial charge < -0.3 is 47.7 Å². The van der Waals surface area contributed by atoms with E-state index in [1.54, 1.807) is 7.11 Å². The Balaban J connectivity index is 1.09. The lowest BCUT2D eigenvalue weighted by atomic mass is 9.80. The Bertz CT molecular complexity index is 1940. The molecule has 0 bridgehead atoms. The van der Waals surface area contributed by atoms with Gasteiger partial charge in [-0.1, -0.05) is 152 Å². The quantitative estimate of drug-likeness (QED) is 0.101. The van der Waals surface area contributed by atoms with E-state index in [2.05, 4.69) is 0 Å². The second kappa shape index (κ2) is 20.8. The van der Waals surface area contributed by atoms with Crippen LogP contribution in [0.4, 0.5) is 0 Å². The van der Waals surface area contributed by atoms with Crippen LogP contribution in [0.1, 0.15) is 40.5 Å². The number of ether oxygens (including phenoxy) is 9. The number of fused-ring (bicyclic) bond motifs is 1. The monoisotopic (exact) mass is 802 g/mol. The van der Waals surface area contributed by atoms with Crippen molar-refractivity contribution >= 4 is 0 Å². The van der Waals surface area contributed by atoms with Gasteiger partial charge in [-0.3, -0.25) is 0 Å². The number of aliphatic hydroxyl groups excluding tert-OH is 1. The molecule has 2 saturated heterocycles. The molecule has 11 atom stereocenters. The summed E-state index contributed by atoms with van der Waals surface area (Å²) in [5.41, 5.74) is 4.91. The highest BCUT2D eigenvalue weighted by atomic mass is 16.7. The summed E-state index contributed by atoms with van der Waals surface area (Å²) in [5.74, 6) is -0.137. The van der Waals surface area contributed by atoms with Crippen molar-refractivity contribution in [3.63, 3.8) is 0 Å². The highest BCUT2D eigenvalue weighted by Crippen LogP contribution is 2.41. The molecule has 1 unspecified atom stereocenters. The van der Waals surface area contributed by atoms with Crippen LogP contribution in [0.5, 0.6) is 0 Å². The first-order valence-electron chi connectivity index (χ1n) is 20.5. The zero-order chi connectivity index (χ0) is 40.2. The number of methoxy groups -OCH3 is 1. The van der Waals surface area contributed by atoms with Crippen molar-refractivity contribution in [1.29, 1.82) is 0 Å². The molecule has 1 saturated carbocycles. The molecular formula is C49H54O10. The van der Waals surface area contributed by atoms with E-state index in [1.807, 2.05) is 152 Å². The van der Waals surface area contributed by atoms with Crippen molar-refractivity contribution in [3.05, 3.63) is 179 Å². The first-order chi connectivity index (χ1) is 29.1. The number of rotatable bonds is 17. The molecule has 10 heteroatoms. The largest absolute Gasteiger partial charge is 0.388 e. The second-order valence-corrected chi connectivity index (χ2v) is 15.4. The molecule has 5 aromatic carbocycles. The van der Waals surface area contributed by atoms with E-state index in [1.165, 1.54) is 0 Å². The fraction of sp³-hybridized carbons (Fsp3) is 0.388. The molecule has 2 aliphatic heterocycles. The molecule has 0 spiro atoms. The van der Waals surface area contributed by atoms with Crippen molar-refractivity contribution in [2.24, 2.45) is 5.92 Å². The smallest absolute Gasteiger partial charge is 0.186 e. The minimum Gasteiger partial charge on any atom is -0.388 e. The van der Waals surface area contributed by atoms with Crippen molar-refractivity contribution in [2.75, 3.05) is 20.3 Å². The Labute approximate surface area is 346 Å². The minimum absolute atomic E-state index is 0.137. The van der Waals surface area contributed by atoms with Crippen LogP contribution >= 0.6 is 0 Å². The van der Waals surface area contributed by atoms with Gasteiger partial charge in [0.05, 0.1) is 51.8 Å². The highest BCUT2D eigenvalue weighted by molar-refractivity contribution is 5.18. The molecule has 10 nitrogen and oxygen atoms in total. The van der Waals surface area contributed by atoms with Crippen molar-refractivity contribution in [2.45, 2.75) is 94.3 Å². The summed E-state index contributed by atoms with van der Waals surface area (Å²) in [6, 6.07) is 49.7. The molecule has 3 fully saturated rings. The van der Waals surface area contributed by atoms with E-state index in [9.17, 15) is 5.11 Å². The van der Waals surface area contributed by atoms with Crippen molar-refractivity contribution in [3.8, 4) is 0 Å². The zero-order valence-corrected chi connectivity index (χ0v) is 33.4. The lowest BCUT2D eigenvalue weighted by Gasteiger charge is -2.51. The van der Waals surface area contributed by atoms with E-state index in [0.29, 0.717) is 26.2 Å². The van der Waals surface area contributed by atoms with Crippen molar-refractivity contribution in [1.82, 2.24) is 0 Å². The normalized spacial score (nSPS) is 29.4. The maximum absolute atomic E-state index is 12.4. The average Bonchev–Trinajstić information content (AvgIpc) is 3.29. The third kappa shape index (κ3) is 10.7. The third-order valence-electron chi connectivity index (χ3n) is 11.3. The predicted molar refractivity (Wildman–Crippen MR) is 220 cm³/mol. The molecule has 3 aliphatic rings. The van der Waals surface area contributed by atoms with Crippen LogP contribution in [0.3, 0.4) is 0 Å². The summed E-state index contributed by atoms with van der Waals surface area (Å²) in [5, 5.41) is 12.4. The van der Waals surface area contributed by atoms with Gasteiger partial charge in [-0.05, 0) is 28.7 Å². The van der Waals surface area contributed by atoms with E-state index in [0.717, 1.165) is 27.8 Å². The first-order valence-corrected chi connectivity index (χ1v) is 20.5. The van der Waals surface area contributed by atoms with Gasteiger partial charge >= 0.3 is 0 Å². The van der Waals surface area contributed by atoms with E-state index in [-0.39, 0.29) is 25.7 Å². The molecule has 8 rings (SSSR count). The summed E-state index contributed by atoms with van der Waals surface area (Å²) in [4.78, 5) is 0. The van der Waals surface area contributed by atoms with Gasteiger partial charge in [0.25, 0.3) is 0 Å². The Morgan fingerprint density at radius 1 is 0.559 bits per heavy atom. The molecule has 1 aliphatic carbocycles. The zero-order valence-electron chi connectivity index (χ0n) is 33.4. The minimum atomic E-state index is -1.07.